The highest BCUT2D eigenvalue weighted by Crippen LogP contribution is 2.32. The second-order valence-electron chi connectivity index (χ2n) is 4.92. The number of aliphatic hydroxyl groups is 1. The molecular weight excluding hydrogens is 286 g/mol. The molecular formula is C12H18BrNOS. The number of likely N-dealkylation sites (tertiary alicyclic amines) is 1. The van der Waals surface area contributed by atoms with Crippen molar-refractivity contribution in [1.29, 1.82) is 0 Å². The quantitative estimate of drug-likeness (QED) is 0.908. The topological polar surface area (TPSA) is 23.5 Å². The van der Waals surface area contributed by atoms with Crippen LogP contribution in [0.5, 0.6) is 0 Å². The van der Waals surface area contributed by atoms with Crippen LogP contribution in [0, 0.1) is 0 Å². The van der Waals surface area contributed by atoms with Gasteiger partial charge in [0.1, 0.15) is 0 Å². The third kappa shape index (κ3) is 2.86. The molecule has 2 atom stereocenters. The van der Waals surface area contributed by atoms with Crippen LogP contribution in [0.15, 0.2) is 15.9 Å². The van der Waals surface area contributed by atoms with Gasteiger partial charge in [0.05, 0.1) is 5.60 Å². The molecule has 4 heteroatoms. The van der Waals surface area contributed by atoms with Crippen LogP contribution in [-0.2, 0) is 6.42 Å². The number of thiophene rings is 1. The van der Waals surface area contributed by atoms with Crippen molar-refractivity contribution in [1.82, 2.24) is 4.90 Å². The van der Waals surface area contributed by atoms with Gasteiger partial charge in [0.25, 0.3) is 0 Å². The summed E-state index contributed by atoms with van der Waals surface area (Å²) in [6.45, 7) is 3.18. The monoisotopic (exact) mass is 303 g/mol. The summed E-state index contributed by atoms with van der Waals surface area (Å²) in [6.07, 6.45) is 2.55. The fourth-order valence-corrected chi connectivity index (χ4v) is 3.93. The summed E-state index contributed by atoms with van der Waals surface area (Å²) in [5.74, 6) is 0. The molecule has 0 aliphatic carbocycles. The summed E-state index contributed by atoms with van der Waals surface area (Å²) in [6, 6.07) is 2.59. The molecule has 1 aliphatic rings. The van der Waals surface area contributed by atoms with E-state index >= 15 is 0 Å². The second kappa shape index (κ2) is 4.77. The lowest BCUT2D eigenvalue weighted by atomic mass is 9.84. The Bertz CT molecular complexity index is 368. The molecule has 0 bridgehead atoms. The third-order valence-electron chi connectivity index (χ3n) is 3.48. The highest BCUT2D eigenvalue weighted by molar-refractivity contribution is 9.10. The average molecular weight is 304 g/mol. The Balaban J connectivity index is 2.03. The van der Waals surface area contributed by atoms with E-state index in [9.17, 15) is 5.11 Å². The zero-order chi connectivity index (χ0) is 11.8. The molecule has 90 valence electrons. The normalized spacial score (nSPS) is 31.9. The molecule has 2 heterocycles. The van der Waals surface area contributed by atoms with Gasteiger partial charge in [0, 0.05) is 33.7 Å². The number of nitrogens with zero attached hydrogens (tertiary/aromatic N) is 1. The lowest BCUT2D eigenvalue weighted by Crippen LogP contribution is -2.48. The van der Waals surface area contributed by atoms with Crippen LogP contribution in [0.25, 0.3) is 0 Å². The summed E-state index contributed by atoms with van der Waals surface area (Å²) >= 11 is 5.18. The van der Waals surface area contributed by atoms with E-state index < -0.39 is 5.60 Å². The number of hydrogen-bond donors (Lipinski definition) is 1. The largest absolute Gasteiger partial charge is 0.389 e. The third-order valence-corrected chi connectivity index (χ3v) is 5.18. The van der Waals surface area contributed by atoms with Crippen molar-refractivity contribution in [2.45, 2.75) is 37.8 Å². The Labute approximate surface area is 109 Å². The van der Waals surface area contributed by atoms with Gasteiger partial charge in [-0.05, 0) is 48.8 Å². The van der Waals surface area contributed by atoms with Gasteiger partial charge < -0.3 is 10.0 Å². The second-order valence-corrected chi connectivity index (χ2v) is 6.83. The van der Waals surface area contributed by atoms with Crippen molar-refractivity contribution < 1.29 is 5.11 Å². The van der Waals surface area contributed by atoms with Gasteiger partial charge in [-0.1, -0.05) is 0 Å². The Morgan fingerprint density at radius 3 is 3.00 bits per heavy atom. The molecule has 1 saturated heterocycles. The highest BCUT2D eigenvalue weighted by atomic mass is 79.9. The van der Waals surface area contributed by atoms with Crippen LogP contribution in [0.4, 0.5) is 0 Å². The number of halogens is 1. The molecule has 2 nitrogen and oxygen atoms in total. The minimum atomic E-state index is -0.504. The van der Waals surface area contributed by atoms with Crippen molar-refractivity contribution >= 4 is 27.3 Å². The first-order chi connectivity index (χ1) is 7.48. The molecule has 1 aliphatic heterocycles. The van der Waals surface area contributed by atoms with E-state index in [0.717, 1.165) is 30.3 Å². The molecule has 0 amide bonds. The molecule has 0 aromatic carbocycles. The maximum absolute atomic E-state index is 10.6. The van der Waals surface area contributed by atoms with E-state index in [2.05, 4.69) is 46.2 Å². The van der Waals surface area contributed by atoms with Crippen LogP contribution >= 0.6 is 27.3 Å². The molecule has 1 aromatic rings. The predicted octanol–water partition coefficient (Wildman–Crippen LogP) is 2.90. The molecule has 1 fully saturated rings. The van der Waals surface area contributed by atoms with Crippen molar-refractivity contribution in [2.75, 3.05) is 13.6 Å². The van der Waals surface area contributed by atoms with Gasteiger partial charge in [-0.3, -0.25) is 0 Å². The molecule has 1 N–H and O–H groups in total. The SMILES string of the molecule is CC1CC(O)(Cc2cc(Br)cs2)CCN1C. The van der Waals surface area contributed by atoms with Crippen molar-refractivity contribution in [3.05, 3.63) is 20.8 Å². The summed E-state index contributed by atoms with van der Waals surface area (Å²) in [5, 5.41) is 12.7. The van der Waals surface area contributed by atoms with Gasteiger partial charge in [0.2, 0.25) is 0 Å². The minimum Gasteiger partial charge on any atom is -0.389 e. The summed E-state index contributed by atoms with van der Waals surface area (Å²) in [5.41, 5.74) is -0.504. The maximum atomic E-state index is 10.6. The first kappa shape index (κ1) is 12.6. The smallest absolute Gasteiger partial charge is 0.0722 e. The minimum absolute atomic E-state index is 0.474. The number of piperidine rings is 1. The Kier molecular flexibility index (Phi) is 3.74. The predicted molar refractivity (Wildman–Crippen MR) is 72.0 cm³/mol. The van der Waals surface area contributed by atoms with Crippen molar-refractivity contribution in [2.24, 2.45) is 0 Å². The van der Waals surface area contributed by atoms with Crippen molar-refractivity contribution in [3.8, 4) is 0 Å². The van der Waals surface area contributed by atoms with Crippen molar-refractivity contribution in [3.63, 3.8) is 0 Å². The van der Waals surface area contributed by atoms with Gasteiger partial charge >= 0.3 is 0 Å². The van der Waals surface area contributed by atoms with Gasteiger partial charge in [-0.25, -0.2) is 0 Å². The van der Waals surface area contributed by atoms with Gasteiger partial charge in [0.15, 0.2) is 0 Å². The lowest BCUT2D eigenvalue weighted by molar-refractivity contribution is -0.0348. The van der Waals surface area contributed by atoms with Gasteiger partial charge in [-0.15, -0.1) is 11.3 Å². The Morgan fingerprint density at radius 2 is 2.44 bits per heavy atom. The van der Waals surface area contributed by atoms with E-state index in [4.69, 9.17) is 0 Å². The summed E-state index contributed by atoms with van der Waals surface area (Å²) in [7, 11) is 2.13. The van der Waals surface area contributed by atoms with Crippen LogP contribution in [0.2, 0.25) is 0 Å². The van der Waals surface area contributed by atoms with Gasteiger partial charge in [-0.2, -0.15) is 0 Å². The zero-order valence-corrected chi connectivity index (χ0v) is 12.1. The van der Waals surface area contributed by atoms with E-state index in [-0.39, 0.29) is 0 Å². The molecule has 0 spiro atoms. The van der Waals surface area contributed by atoms with E-state index in [1.807, 2.05) is 0 Å². The lowest BCUT2D eigenvalue weighted by Gasteiger charge is -2.41. The molecule has 16 heavy (non-hydrogen) atoms. The Morgan fingerprint density at radius 1 is 1.69 bits per heavy atom. The summed E-state index contributed by atoms with van der Waals surface area (Å²) in [4.78, 5) is 3.59. The maximum Gasteiger partial charge on any atom is 0.0722 e. The molecule has 0 saturated carbocycles. The first-order valence-electron chi connectivity index (χ1n) is 5.64. The highest BCUT2D eigenvalue weighted by Gasteiger charge is 2.35. The van der Waals surface area contributed by atoms with E-state index in [1.165, 1.54) is 4.88 Å². The first-order valence-corrected chi connectivity index (χ1v) is 7.31. The fraction of sp³-hybridized carbons (Fsp3) is 0.667. The molecule has 1 aromatic heterocycles. The molecule has 2 rings (SSSR count). The molecule has 0 radical (unpaired) electrons. The Hall–Kier alpha value is 0.1000. The van der Waals surface area contributed by atoms with Crippen LogP contribution < -0.4 is 0 Å². The van der Waals surface area contributed by atoms with E-state index in [1.54, 1.807) is 11.3 Å². The van der Waals surface area contributed by atoms with Crippen LogP contribution in [0.3, 0.4) is 0 Å². The van der Waals surface area contributed by atoms with E-state index in [0.29, 0.717) is 6.04 Å². The summed E-state index contributed by atoms with van der Waals surface area (Å²) < 4.78 is 1.12. The average Bonchev–Trinajstić information content (AvgIpc) is 2.58. The van der Waals surface area contributed by atoms with Crippen LogP contribution in [-0.4, -0.2) is 35.2 Å². The zero-order valence-electron chi connectivity index (χ0n) is 9.74. The standard InChI is InChI=1S/C12H18BrNOS/c1-9-6-12(15,3-4-14(9)2)7-11-5-10(13)8-16-11/h5,8-9,15H,3-4,6-7H2,1-2H3. The number of rotatable bonds is 2. The number of hydrogen-bond acceptors (Lipinski definition) is 3. The molecule has 2 unspecified atom stereocenters. The van der Waals surface area contributed by atoms with Crippen LogP contribution in [0.1, 0.15) is 24.6 Å². The fourth-order valence-electron chi connectivity index (χ4n) is 2.34.